The fraction of sp³-hybridized carbons (Fsp3) is 0. The van der Waals surface area contributed by atoms with Gasteiger partial charge in [-0.05, 0) is 47.2 Å². The Labute approximate surface area is 111 Å². The van der Waals surface area contributed by atoms with Crippen LogP contribution >= 0.6 is 0 Å². The molecule has 1 amide bonds. The summed E-state index contributed by atoms with van der Waals surface area (Å²) >= 11 is 0. The van der Waals surface area contributed by atoms with Crippen LogP contribution in [0.2, 0.25) is 0 Å². The molecule has 3 aromatic rings. The number of rotatable bonds is 2. The summed E-state index contributed by atoms with van der Waals surface area (Å²) in [5.41, 5.74) is 1.46. The second kappa shape index (κ2) is 4.94. The molecular weight excluding hydrogens is 234 g/mol. The van der Waals surface area contributed by atoms with Crippen LogP contribution in [0.5, 0.6) is 0 Å². The molecular formula is C17H12NO. The lowest BCUT2D eigenvalue weighted by Gasteiger charge is -2.06. The van der Waals surface area contributed by atoms with E-state index < -0.39 is 0 Å². The standard InChI is InChI=1S/C17H12NO/c19-17(14-7-2-1-3-8-14)18-16-11-10-13-6-4-5-9-15(13)12-16/h1-3,5-12H,(H,18,19). The minimum atomic E-state index is -0.0950. The van der Waals surface area contributed by atoms with Gasteiger partial charge < -0.3 is 5.32 Å². The summed E-state index contributed by atoms with van der Waals surface area (Å²) in [5, 5.41) is 5.10. The highest BCUT2D eigenvalue weighted by molar-refractivity contribution is 6.05. The van der Waals surface area contributed by atoms with Gasteiger partial charge in [0.2, 0.25) is 0 Å². The molecule has 1 radical (unpaired) electrons. The number of fused-ring (bicyclic) bond motifs is 1. The lowest BCUT2D eigenvalue weighted by molar-refractivity contribution is 0.102. The molecule has 1 N–H and O–H groups in total. The van der Waals surface area contributed by atoms with Gasteiger partial charge in [0.1, 0.15) is 0 Å². The summed E-state index contributed by atoms with van der Waals surface area (Å²) in [5.74, 6) is -0.0950. The quantitative estimate of drug-likeness (QED) is 0.730. The number of hydrogen-bond acceptors (Lipinski definition) is 1. The summed E-state index contributed by atoms with van der Waals surface area (Å²) in [6.07, 6.45) is 0. The Morgan fingerprint density at radius 3 is 2.63 bits per heavy atom. The van der Waals surface area contributed by atoms with E-state index in [1.807, 2.05) is 54.6 Å². The highest BCUT2D eigenvalue weighted by Crippen LogP contribution is 2.19. The van der Waals surface area contributed by atoms with E-state index in [4.69, 9.17) is 0 Å². The van der Waals surface area contributed by atoms with E-state index >= 15 is 0 Å². The van der Waals surface area contributed by atoms with Gasteiger partial charge in [-0.25, -0.2) is 0 Å². The van der Waals surface area contributed by atoms with Gasteiger partial charge in [0.05, 0.1) is 0 Å². The Bertz CT molecular complexity index is 719. The van der Waals surface area contributed by atoms with E-state index in [1.165, 1.54) is 0 Å². The molecule has 91 valence electrons. The third kappa shape index (κ3) is 2.47. The molecule has 3 rings (SSSR count). The summed E-state index contributed by atoms with van der Waals surface area (Å²) < 4.78 is 0. The maximum Gasteiger partial charge on any atom is 0.255 e. The van der Waals surface area contributed by atoms with Crippen molar-refractivity contribution in [3.8, 4) is 0 Å². The Morgan fingerprint density at radius 2 is 1.79 bits per heavy atom. The van der Waals surface area contributed by atoms with E-state index in [2.05, 4.69) is 11.4 Å². The van der Waals surface area contributed by atoms with E-state index in [0.29, 0.717) is 5.56 Å². The minimum Gasteiger partial charge on any atom is -0.322 e. The molecule has 0 aliphatic rings. The number of carbonyl (C=O) groups excluding carboxylic acids is 1. The molecule has 0 aliphatic carbocycles. The number of anilines is 1. The van der Waals surface area contributed by atoms with Crippen molar-refractivity contribution in [3.05, 3.63) is 78.4 Å². The van der Waals surface area contributed by atoms with Crippen molar-refractivity contribution in [3.63, 3.8) is 0 Å². The number of hydrogen-bond donors (Lipinski definition) is 1. The van der Waals surface area contributed by atoms with Gasteiger partial charge >= 0.3 is 0 Å². The molecule has 0 aliphatic heterocycles. The van der Waals surface area contributed by atoms with E-state index in [0.717, 1.165) is 16.5 Å². The number of carbonyl (C=O) groups is 1. The molecule has 0 fully saturated rings. The number of amides is 1. The van der Waals surface area contributed by atoms with Crippen molar-refractivity contribution < 1.29 is 4.79 Å². The molecule has 0 aromatic heterocycles. The molecule has 0 unspecified atom stereocenters. The molecule has 2 nitrogen and oxygen atoms in total. The second-order valence-electron chi connectivity index (χ2n) is 4.31. The second-order valence-corrected chi connectivity index (χ2v) is 4.31. The van der Waals surface area contributed by atoms with E-state index in [1.54, 1.807) is 12.1 Å². The Morgan fingerprint density at radius 1 is 0.947 bits per heavy atom. The van der Waals surface area contributed by atoms with Crippen molar-refractivity contribution in [1.29, 1.82) is 0 Å². The zero-order valence-electron chi connectivity index (χ0n) is 10.3. The third-order valence-corrected chi connectivity index (χ3v) is 2.98. The summed E-state index contributed by atoms with van der Waals surface area (Å²) in [6, 6.07) is 23.8. The highest BCUT2D eigenvalue weighted by Gasteiger charge is 2.05. The van der Waals surface area contributed by atoms with Crippen LogP contribution in [-0.4, -0.2) is 5.91 Å². The molecule has 3 aromatic carbocycles. The molecule has 0 saturated heterocycles. The third-order valence-electron chi connectivity index (χ3n) is 2.98. The monoisotopic (exact) mass is 246 g/mol. The van der Waals surface area contributed by atoms with Crippen LogP contribution in [0.4, 0.5) is 5.69 Å². The minimum absolute atomic E-state index is 0.0950. The predicted molar refractivity (Wildman–Crippen MR) is 77.2 cm³/mol. The van der Waals surface area contributed by atoms with Gasteiger partial charge in [0.15, 0.2) is 0 Å². The zero-order valence-corrected chi connectivity index (χ0v) is 10.3. The van der Waals surface area contributed by atoms with Crippen molar-refractivity contribution in [2.45, 2.75) is 0 Å². The normalized spacial score (nSPS) is 10.3. The van der Waals surface area contributed by atoms with Gasteiger partial charge in [-0.2, -0.15) is 0 Å². The lowest BCUT2D eigenvalue weighted by atomic mass is 10.1. The summed E-state index contributed by atoms with van der Waals surface area (Å²) in [6.45, 7) is 0. The SMILES string of the molecule is O=C(Nc1ccc2c[c]ccc2c1)c1ccccc1. The Kier molecular flexibility index (Phi) is 2.99. The van der Waals surface area contributed by atoms with Crippen molar-refractivity contribution >= 4 is 22.4 Å². The van der Waals surface area contributed by atoms with E-state index in [-0.39, 0.29) is 5.91 Å². The van der Waals surface area contributed by atoms with Crippen LogP contribution in [0.25, 0.3) is 10.8 Å². The molecule has 0 saturated carbocycles. The molecule has 19 heavy (non-hydrogen) atoms. The molecule has 0 heterocycles. The molecule has 2 heteroatoms. The smallest absolute Gasteiger partial charge is 0.255 e. The highest BCUT2D eigenvalue weighted by atomic mass is 16.1. The number of nitrogens with one attached hydrogen (secondary N) is 1. The van der Waals surface area contributed by atoms with Crippen LogP contribution in [0.1, 0.15) is 10.4 Å². The first-order valence-electron chi connectivity index (χ1n) is 6.09. The Hall–Kier alpha value is -2.61. The topological polar surface area (TPSA) is 29.1 Å². The Balaban J connectivity index is 1.87. The maximum absolute atomic E-state index is 12.0. The van der Waals surface area contributed by atoms with Gasteiger partial charge in [-0.15, -0.1) is 0 Å². The molecule has 0 spiro atoms. The van der Waals surface area contributed by atoms with E-state index in [9.17, 15) is 4.79 Å². The van der Waals surface area contributed by atoms with Gasteiger partial charge in [-0.1, -0.05) is 36.4 Å². The summed E-state index contributed by atoms with van der Waals surface area (Å²) in [4.78, 5) is 12.0. The predicted octanol–water partition coefficient (Wildman–Crippen LogP) is 3.89. The largest absolute Gasteiger partial charge is 0.322 e. The average Bonchev–Trinajstić information content (AvgIpc) is 2.48. The van der Waals surface area contributed by atoms with Crippen LogP contribution in [0.3, 0.4) is 0 Å². The van der Waals surface area contributed by atoms with Crippen LogP contribution in [0.15, 0.2) is 66.7 Å². The molecule has 0 atom stereocenters. The average molecular weight is 246 g/mol. The first-order chi connectivity index (χ1) is 9.33. The summed E-state index contributed by atoms with van der Waals surface area (Å²) in [7, 11) is 0. The van der Waals surface area contributed by atoms with Crippen molar-refractivity contribution in [1.82, 2.24) is 0 Å². The fourth-order valence-corrected chi connectivity index (χ4v) is 2.00. The van der Waals surface area contributed by atoms with Crippen molar-refractivity contribution in [2.24, 2.45) is 0 Å². The first kappa shape index (κ1) is 11.5. The lowest BCUT2D eigenvalue weighted by Crippen LogP contribution is -2.11. The maximum atomic E-state index is 12.0. The van der Waals surface area contributed by atoms with Gasteiger partial charge in [0.25, 0.3) is 5.91 Å². The van der Waals surface area contributed by atoms with Crippen LogP contribution < -0.4 is 5.32 Å². The van der Waals surface area contributed by atoms with Gasteiger partial charge in [0, 0.05) is 11.3 Å². The van der Waals surface area contributed by atoms with Gasteiger partial charge in [-0.3, -0.25) is 4.79 Å². The number of benzene rings is 3. The van der Waals surface area contributed by atoms with Crippen molar-refractivity contribution in [2.75, 3.05) is 5.32 Å². The zero-order chi connectivity index (χ0) is 13.1. The molecule has 0 bridgehead atoms. The van der Waals surface area contributed by atoms with Crippen LogP contribution in [-0.2, 0) is 0 Å². The fourth-order valence-electron chi connectivity index (χ4n) is 2.00. The first-order valence-corrected chi connectivity index (χ1v) is 6.09. The van der Waals surface area contributed by atoms with Crippen LogP contribution in [0, 0.1) is 6.07 Å².